The summed E-state index contributed by atoms with van der Waals surface area (Å²) in [5, 5.41) is 6.24. The van der Waals surface area contributed by atoms with Gasteiger partial charge < -0.3 is 15.0 Å². The predicted octanol–water partition coefficient (Wildman–Crippen LogP) is 2.25. The van der Waals surface area contributed by atoms with Gasteiger partial charge in [-0.05, 0) is 25.1 Å². The molecule has 0 radical (unpaired) electrons. The molecule has 1 atom stereocenters. The molecule has 3 aromatic heterocycles. The molecule has 34 heavy (non-hydrogen) atoms. The highest BCUT2D eigenvalue weighted by molar-refractivity contribution is 6.10. The van der Waals surface area contributed by atoms with Crippen molar-refractivity contribution in [2.24, 2.45) is 0 Å². The Kier molecular flexibility index (Phi) is 5.96. The number of rotatable bonds is 6. The number of hydrogen-bond acceptors (Lipinski definition) is 6. The van der Waals surface area contributed by atoms with Gasteiger partial charge in [0.05, 0.1) is 23.1 Å². The number of carbonyl (C=O) groups is 2. The zero-order chi connectivity index (χ0) is 24.6. The van der Waals surface area contributed by atoms with Crippen LogP contribution in [0.1, 0.15) is 39.6 Å². The number of aromatic nitrogens is 4. The van der Waals surface area contributed by atoms with E-state index in [0.29, 0.717) is 22.5 Å². The van der Waals surface area contributed by atoms with Crippen LogP contribution >= 0.6 is 0 Å². The van der Waals surface area contributed by atoms with Gasteiger partial charge in [0, 0.05) is 31.6 Å². The fourth-order valence-electron chi connectivity index (χ4n) is 3.64. The molecule has 10 nitrogen and oxygen atoms in total. The Hall–Kier alpha value is -4.00. The average molecular weight is 476 g/mol. The fraction of sp³-hybridized carbons (Fsp3) is 0.286. The van der Waals surface area contributed by atoms with E-state index in [-0.39, 0.29) is 22.5 Å². The number of aromatic amines is 1. The van der Waals surface area contributed by atoms with Gasteiger partial charge in [0.2, 0.25) is 0 Å². The summed E-state index contributed by atoms with van der Waals surface area (Å²) in [6.07, 6.45) is -1.86. The highest BCUT2D eigenvalue weighted by Gasteiger charge is 2.40. The molecule has 0 aliphatic carbocycles. The molecular weight excluding hydrogens is 457 g/mol. The second-order valence-corrected chi connectivity index (χ2v) is 7.39. The van der Waals surface area contributed by atoms with Gasteiger partial charge in [-0.2, -0.15) is 18.3 Å². The van der Waals surface area contributed by atoms with Gasteiger partial charge in [-0.3, -0.25) is 24.0 Å². The molecule has 0 saturated carbocycles. The first kappa shape index (κ1) is 23.2. The van der Waals surface area contributed by atoms with Crippen molar-refractivity contribution in [2.45, 2.75) is 25.9 Å². The number of halogens is 3. The van der Waals surface area contributed by atoms with E-state index >= 15 is 0 Å². The van der Waals surface area contributed by atoms with E-state index in [4.69, 9.17) is 4.74 Å². The molecule has 1 aliphatic heterocycles. The summed E-state index contributed by atoms with van der Waals surface area (Å²) in [6, 6.07) is 4.42. The minimum atomic E-state index is -4.47. The molecule has 1 aliphatic rings. The predicted molar refractivity (Wildman–Crippen MR) is 113 cm³/mol. The molecule has 1 unspecified atom stereocenters. The lowest BCUT2D eigenvalue weighted by Gasteiger charge is -2.21. The number of alkyl halides is 3. The molecule has 178 valence electrons. The number of methoxy groups -OCH3 is 1. The number of H-pyrrole nitrogens is 1. The smallest absolute Gasteiger partial charge is 0.355 e. The summed E-state index contributed by atoms with van der Waals surface area (Å²) in [5.41, 5.74) is 0.657. The first-order valence-electron chi connectivity index (χ1n) is 10.1. The van der Waals surface area contributed by atoms with Crippen LogP contribution in [0.5, 0.6) is 0 Å². The van der Waals surface area contributed by atoms with E-state index in [1.165, 1.54) is 31.5 Å². The van der Waals surface area contributed by atoms with Crippen LogP contribution in [0, 0.1) is 0 Å². The minimum absolute atomic E-state index is 0.0975. The zero-order valence-electron chi connectivity index (χ0n) is 18.0. The van der Waals surface area contributed by atoms with Crippen molar-refractivity contribution in [1.82, 2.24) is 25.1 Å². The Labute approximate surface area is 190 Å². The zero-order valence-corrected chi connectivity index (χ0v) is 18.0. The first-order valence-corrected chi connectivity index (χ1v) is 10.1. The Balaban J connectivity index is 1.70. The standard InChI is InChI=1S/C21H19F3N6O4/c1-3-25-17(31)14-6-11(7-26-18(14)32)15-5-4-13-16(28-15)20(34-2)30(19(13)33)12-8-27-29(9-12)10-21(22,23)24/h4-9,20H,3,10H2,1-2H3,(H,25,31)(H,26,32). The highest BCUT2D eigenvalue weighted by atomic mass is 19.4. The molecule has 2 amide bonds. The number of amides is 2. The van der Waals surface area contributed by atoms with Gasteiger partial charge in [-0.1, -0.05) is 0 Å². The molecule has 3 aromatic rings. The Morgan fingerprint density at radius 3 is 2.74 bits per heavy atom. The SMILES string of the molecule is CCNC(=O)c1cc(-c2ccc3c(n2)C(OC)N(c2cnn(CC(F)(F)F)c2)C3=O)c[nH]c1=O. The quantitative estimate of drug-likeness (QED) is 0.563. The summed E-state index contributed by atoms with van der Waals surface area (Å²) in [6.45, 7) is 0.757. The largest absolute Gasteiger partial charge is 0.408 e. The Morgan fingerprint density at radius 2 is 2.06 bits per heavy atom. The van der Waals surface area contributed by atoms with Crippen LogP contribution < -0.4 is 15.8 Å². The molecule has 0 saturated heterocycles. The van der Waals surface area contributed by atoms with Crippen LogP contribution in [0.15, 0.2) is 41.6 Å². The van der Waals surface area contributed by atoms with E-state index in [2.05, 4.69) is 20.4 Å². The summed E-state index contributed by atoms with van der Waals surface area (Å²) in [5.74, 6) is -1.06. The number of nitrogens with zero attached hydrogens (tertiary/aromatic N) is 4. The number of hydrogen-bond donors (Lipinski definition) is 2. The van der Waals surface area contributed by atoms with Crippen LogP contribution in [0.25, 0.3) is 11.3 Å². The van der Waals surface area contributed by atoms with E-state index in [1.807, 2.05) is 0 Å². The lowest BCUT2D eigenvalue weighted by molar-refractivity contribution is -0.142. The second kappa shape index (κ2) is 8.74. The van der Waals surface area contributed by atoms with Crippen molar-refractivity contribution in [3.8, 4) is 11.3 Å². The number of pyridine rings is 2. The van der Waals surface area contributed by atoms with Crippen LogP contribution in [-0.2, 0) is 11.3 Å². The van der Waals surface area contributed by atoms with Crippen LogP contribution in [0.3, 0.4) is 0 Å². The normalized spacial score (nSPS) is 15.5. The van der Waals surface area contributed by atoms with E-state index in [0.717, 1.165) is 17.3 Å². The van der Waals surface area contributed by atoms with Crippen molar-refractivity contribution in [2.75, 3.05) is 18.6 Å². The van der Waals surface area contributed by atoms with E-state index in [9.17, 15) is 27.6 Å². The number of nitrogens with one attached hydrogen (secondary N) is 2. The Bertz CT molecular complexity index is 1320. The van der Waals surface area contributed by atoms with Gasteiger partial charge >= 0.3 is 6.18 Å². The maximum absolute atomic E-state index is 13.0. The van der Waals surface area contributed by atoms with Gasteiger partial charge in [0.25, 0.3) is 17.4 Å². The fourth-order valence-corrected chi connectivity index (χ4v) is 3.64. The first-order chi connectivity index (χ1) is 16.1. The summed E-state index contributed by atoms with van der Waals surface area (Å²) < 4.78 is 44.2. The van der Waals surface area contributed by atoms with Gasteiger partial charge in [0.1, 0.15) is 17.8 Å². The van der Waals surface area contributed by atoms with Crippen LogP contribution in [0.2, 0.25) is 0 Å². The number of anilines is 1. The summed E-state index contributed by atoms with van der Waals surface area (Å²) in [7, 11) is 1.34. The van der Waals surface area contributed by atoms with E-state index < -0.39 is 36.3 Å². The molecule has 4 heterocycles. The highest BCUT2D eigenvalue weighted by Crippen LogP contribution is 2.38. The summed E-state index contributed by atoms with van der Waals surface area (Å²) in [4.78, 5) is 45.4. The number of ether oxygens (including phenoxy) is 1. The van der Waals surface area contributed by atoms with Crippen LogP contribution in [-0.4, -0.2) is 51.4 Å². The molecule has 13 heteroatoms. The molecule has 4 rings (SSSR count). The maximum atomic E-state index is 13.0. The Morgan fingerprint density at radius 1 is 1.29 bits per heavy atom. The van der Waals surface area contributed by atoms with Gasteiger partial charge in [-0.15, -0.1) is 0 Å². The third-order valence-electron chi connectivity index (χ3n) is 5.09. The molecule has 0 aromatic carbocycles. The van der Waals surface area contributed by atoms with Crippen molar-refractivity contribution in [1.29, 1.82) is 0 Å². The third-order valence-corrected chi connectivity index (χ3v) is 5.09. The number of fused-ring (bicyclic) bond motifs is 1. The van der Waals surface area contributed by atoms with Crippen molar-refractivity contribution >= 4 is 17.5 Å². The maximum Gasteiger partial charge on any atom is 0.408 e. The molecule has 0 spiro atoms. The minimum Gasteiger partial charge on any atom is -0.355 e. The lowest BCUT2D eigenvalue weighted by Crippen LogP contribution is -2.29. The lowest BCUT2D eigenvalue weighted by atomic mass is 10.1. The second-order valence-electron chi connectivity index (χ2n) is 7.39. The molecule has 0 bridgehead atoms. The van der Waals surface area contributed by atoms with Crippen molar-refractivity contribution in [3.05, 3.63) is 64.0 Å². The van der Waals surface area contributed by atoms with E-state index in [1.54, 1.807) is 6.92 Å². The van der Waals surface area contributed by atoms with Crippen molar-refractivity contribution in [3.63, 3.8) is 0 Å². The molecule has 0 fully saturated rings. The van der Waals surface area contributed by atoms with Crippen molar-refractivity contribution < 1.29 is 27.5 Å². The topological polar surface area (TPSA) is 122 Å². The summed E-state index contributed by atoms with van der Waals surface area (Å²) >= 11 is 0. The monoisotopic (exact) mass is 476 g/mol. The molecular formula is C21H19F3N6O4. The number of carbonyl (C=O) groups excluding carboxylic acids is 2. The average Bonchev–Trinajstić information content (AvgIpc) is 3.34. The van der Waals surface area contributed by atoms with Gasteiger partial charge in [-0.25, -0.2) is 4.98 Å². The van der Waals surface area contributed by atoms with Crippen LogP contribution in [0.4, 0.5) is 18.9 Å². The third kappa shape index (κ3) is 4.29. The van der Waals surface area contributed by atoms with Gasteiger partial charge in [0.15, 0.2) is 6.23 Å². The molecule has 2 N–H and O–H groups in total.